The molecule has 3 rings (SSSR count). The van der Waals surface area contributed by atoms with Gasteiger partial charge < -0.3 is 18.8 Å². The summed E-state index contributed by atoms with van der Waals surface area (Å²) < 4.78 is 18.3. The number of esters is 2. The number of thiazole rings is 1. The largest absolute Gasteiger partial charge is 0.494 e. The predicted octanol–water partition coefficient (Wildman–Crippen LogP) is 4.75. The van der Waals surface area contributed by atoms with E-state index in [1.165, 1.54) is 11.3 Å². The summed E-state index contributed by atoms with van der Waals surface area (Å²) in [6.45, 7) is 6.57. The Labute approximate surface area is 208 Å². The molecule has 186 valence electrons. The zero-order valence-electron chi connectivity index (χ0n) is 20.2. The quantitative estimate of drug-likeness (QED) is 0.280. The van der Waals surface area contributed by atoms with Crippen molar-refractivity contribution in [1.82, 2.24) is 4.57 Å². The number of hydrogen-bond acceptors (Lipinski definition) is 7. The summed E-state index contributed by atoms with van der Waals surface area (Å²) in [4.78, 5) is 42.1. The SMILES string of the molecule is CCCCCOc1cccc(C(=O)N=c2sc3cc(C(=O)OCC)ccc3n2CC(=O)OCC)c1. The lowest BCUT2D eigenvalue weighted by molar-refractivity contribution is -0.143. The molecule has 1 amide bonds. The van der Waals surface area contributed by atoms with E-state index in [0.29, 0.717) is 38.5 Å². The van der Waals surface area contributed by atoms with E-state index in [1.54, 1.807) is 60.9 Å². The molecule has 0 saturated carbocycles. The van der Waals surface area contributed by atoms with Crippen LogP contribution in [0.5, 0.6) is 5.75 Å². The molecule has 0 fully saturated rings. The Morgan fingerprint density at radius 3 is 2.49 bits per heavy atom. The number of ether oxygens (including phenoxy) is 3. The number of carbonyl (C=O) groups is 3. The van der Waals surface area contributed by atoms with Crippen molar-refractivity contribution in [2.75, 3.05) is 19.8 Å². The molecule has 1 aromatic heterocycles. The van der Waals surface area contributed by atoms with Gasteiger partial charge in [-0.2, -0.15) is 4.99 Å². The summed E-state index contributed by atoms with van der Waals surface area (Å²) in [5.41, 5.74) is 1.43. The van der Waals surface area contributed by atoms with Gasteiger partial charge in [0.05, 0.1) is 35.6 Å². The summed E-state index contributed by atoms with van der Waals surface area (Å²) in [5, 5.41) is 0. The van der Waals surface area contributed by atoms with E-state index >= 15 is 0 Å². The number of hydrogen-bond donors (Lipinski definition) is 0. The Morgan fingerprint density at radius 2 is 1.74 bits per heavy atom. The van der Waals surface area contributed by atoms with Crippen molar-refractivity contribution in [2.24, 2.45) is 4.99 Å². The normalized spacial score (nSPS) is 11.5. The van der Waals surface area contributed by atoms with Crippen molar-refractivity contribution < 1.29 is 28.6 Å². The third-order valence-corrected chi connectivity index (χ3v) is 6.12. The molecule has 0 saturated heterocycles. The van der Waals surface area contributed by atoms with Crippen molar-refractivity contribution in [1.29, 1.82) is 0 Å². The first-order valence-electron chi connectivity index (χ1n) is 11.7. The molecular weight excluding hydrogens is 468 g/mol. The smallest absolute Gasteiger partial charge is 0.338 e. The van der Waals surface area contributed by atoms with E-state index < -0.39 is 17.8 Å². The highest BCUT2D eigenvalue weighted by Gasteiger charge is 2.16. The highest BCUT2D eigenvalue weighted by atomic mass is 32.1. The molecule has 0 aliphatic carbocycles. The molecular formula is C26H30N2O6S. The van der Waals surface area contributed by atoms with Crippen LogP contribution < -0.4 is 9.54 Å². The lowest BCUT2D eigenvalue weighted by atomic mass is 10.2. The number of nitrogens with zero attached hydrogens (tertiary/aromatic N) is 2. The van der Waals surface area contributed by atoms with Crippen molar-refractivity contribution in [2.45, 2.75) is 46.6 Å². The highest BCUT2D eigenvalue weighted by Crippen LogP contribution is 2.21. The molecule has 2 aromatic carbocycles. The Morgan fingerprint density at radius 1 is 0.943 bits per heavy atom. The maximum atomic E-state index is 13.0. The minimum atomic E-state index is -0.459. The summed E-state index contributed by atoms with van der Waals surface area (Å²) in [7, 11) is 0. The third-order valence-electron chi connectivity index (χ3n) is 5.08. The summed E-state index contributed by atoms with van der Waals surface area (Å²) in [6.07, 6.45) is 3.13. The number of unbranched alkanes of at least 4 members (excludes halogenated alkanes) is 2. The minimum Gasteiger partial charge on any atom is -0.494 e. The first-order chi connectivity index (χ1) is 17.0. The Hall–Kier alpha value is -3.46. The molecule has 9 heteroatoms. The number of fused-ring (bicyclic) bond motifs is 1. The molecule has 0 aliphatic heterocycles. The van der Waals surface area contributed by atoms with E-state index in [-0.39, 0.29) is 19.8 Å². The molecule has 0 bridgehead atoms. The monoisotopic (exact) mass is 498 g/mol. The second kappa shape index (κ2) is 12.9. The first kappa shape index (κ1) is 26.2. The maximum absolute atomic E-state index is 13.0. The fourth-order valence-corrected chi connectivity index (χ4v) is 4.47. The van der Waals surface area contributed by atoms with Crippen LogP contribution in [0, 0.1) is 0 Å². The fraction of sp³-hybridized carbons (Fsp3) is 0.385. The van der Waals surface area contributed by atoms with E-state index in [4.69, 9.17) is 14.2 Å². The van der Waals surface area contributed by atoms with Gasteiger partial charge in [-0.1, -0.05) is 37.2 Å². The molecule has 35 heavy (non-hydrogen) atoms. The molecule has 0 spiro atoms. The third kappa shape index (κ3) is 7.02. The molecule has 1 heterocycles. The Balaban J connectivity index is 1.97. The summed E-state index contributed by atoms with van der Waals surface area (Å²) >= 11 is 1.21. The molecule has 3 aromatic rings. The van der Waals surface area contributed by atoms with Gasteiger partial charge in [0, 0.05) is 5.56 Å². The zero-order valence-corrected chi connectivity index (χ0v) is 21.1. The van der Waals surface area contributed by atoms with Crippen LogP contribution in [-0.2, 0) is 20.8 Å². The van der Waals surface area contributed by atoms with Crippen LogP contribution in [0.25, 0.3) is 10.2 Å². The van der Waals surface area contributed by atoms with Crippen LogP contribution in [0.1, 0.15) is 60.7 Å². The van der Waals surface area contributed by atoms with Gasteiger partial charge in [-0.15, -0.1) is 0 Å². The van der Waals surface area contributed by atoms with Crippen molar-refractivity contribution in [3.8, 4) is 5.75 Å². The van der Waals surface area contributed by atoms with Crippen LogP contribution in [-0.4, -0.2) is 42.2 Å². The molecule has 0 unspecified atom stereocenters. The molecule has 0 radical (unpaired) electrons. The predicted molar refractivity (Wildman–Crippen MR) is 134 cm³/mol. The van der Waals surface area contributed by atoms with Crippen LogP contribution >= 0.6 is 11.3 Å². The van der Waals surface area contributed by atoms with Gasteiger partial charge in [-0.05, 0) is 56.7 Å². The molecule has 0 N–H and O–H groups in total. The molecule has 0 aliphatic rings. The van der Waals surface area contributed by atoms with Gasteiger partial charge in [0.1, 0.15) is 12.3 Å². The average Bonchev–Trinajstić information content (AvgIpc) is 3.18. The highest BCUT2D eigenvalue weighted by molar-refractivity contribution is 7.16. The first-order valence-corrected chi connectivity index (χ1v) is 12.6. The maximum Gasteiger partial charge on any atom is 0.338 e. The van der Waals surface area contributed by atoms with Gasteiger partial charge in [-0.3, -0.25) is 9.59 Å². The number of amides is 1. The lowest BCUT2D eigenvalue weighted by Crippen LogP contribution is -2.23. The topological polar surface area (TPSA) is 96.2 Å². The Bertz CT molecular complexity index is 1260. The van der Waals surface area contributed by atoms with E-state index in [0.717, 1.165) is 19.3 Å². The van der Waals surface area contributed by atoms with Crippen molar-refractivity contribution in [3.05, 3.63) is 58.4 Å². The average molecular weight is 499 g/mol. The Kier molecular flexibility index (Phi) is 9.60. The van der Waals surface area contributed by atoms with Crippen molar-refractivity contribution >= 4 is 39.4 Å². The lowest BCUT2D eigenvalue weighted by Gasteiger charge is -2.07. The molecule has 8 nitrogen and oxygen atoms in total. The van der Waals surface area contributed by atoms with Crippen LogP contribution in [0.15, 0.2) is 47.5 Å². The van der Waals surface area contributed by atoms with E-state index in [9.17, 15) is 14.4 Å². The standard InChI is InChI=1S/C26H30N2O6S/c1-4-7-8-14-34-20-11-9-10-18(15-20)24(30)27-26-28(17-23(29)32-5-2)21-13-12-19(16-22(21)35-26)25(31)33-6-3/h9-13,15-16H,4-8,14,17H2,1-3H3. The number of aromatic nitrogens is 1. The van der Waals surface area contributed by atoms with E-state index in [2.05, 4.69) is 11.9 Å². The van der Waals surface area contributed by atoms with Crippen molar-refractivity contribution in [3.63, 3.8) is 0 Å². The second-order valence-electron chi connectivity index (χ2n) is 7.68. The number of carbonyl (C=O) groups excluding carboxylic acids is 3. The number of benzene rings is 2. The van der Waals surface area contributed by atoms with Gasteiger partial charge in [0.15, 0.2) is 4.80 Å². The number of rotatable bonds is 11. The van der Waals surface area contributed by atoms with E-state index in [1.807, 2.05) is 0 Å². The molecule has 0 atom stereocenters. The zero-order chi connectivity index (χ0) is 25.2. The van der Waals surface area contributed by atoms with Gasteiger partial charge >= 0.3 is 11.9 Å². The van der Waals surface area contributed by atoms with Crippen LogP contribution in [0.4, 0.5) is 0 Å². The fourth-order valence-electron chi connectivity index (χ4n) is 3.40. The summed E-state index contributed by atoms with van der Waals surface area (Å²) in [5.74, 6) is -0.737. The van der Waals surface area contributed by atoms with Gasteiger partial charge in [0.25, 0.3) is 5.91 Å². The van der Waals surface area contributed by atoms with Gasteiger partial charge in [-0.25, -0.2) is 4.79 Å². The van der Waals surface area contributed by atoms with Crippen LogP contribution in [0.3, 0.4) is 0 Å². The van der Waals surface area contributed by atoms with Crippen LogP contribution in [0.2, 0.25) is 0 Å². The summed E-state index contributed by atoms with van der Waals surface area (Å²) in [6, 6.07) is 11.9. The second-order valence-corrected chi connectivity index (χ2v) is 8.69. The minimum absolute atomic E-state index is 0.112. The van der Waals surface area contributed by atoms with Gasteiger partial charge in [0.2, 0.25) is 0 Å².